The molecule has 0 radical (unpaired) electrons. The van der Waals surface area contributed by atoms with Crippen molar-refractivity contribution in [3.05, 3.63) is 28.5 Å². The summed E-state index contributed by atoms with van der Waals surface area (Å²) in [5.41, 5.74) is 8.46. The van der Waals surface area contributed by atoms with Crippen LogP contribution in [-0.4, -0.2) is 13.1 Å². The third kappa shape index (κ3) is 2.01. The minimum atomic E-state index is -0.390. The molecule has 0 fully saturated rings. The molecule has 0 unspecified atom stereocenters. The Morgan fingerprint density at radius 2 is 2.28 bits per heavy atom. The van der Waals surface area contributed by atoms with Gasteiger partial charge in [-0.05, 0) is 25.0 Å². The second-order valence-corrected chi connectivity index (χ2v) is 4.96. The van der Waals surface area contributed by atoms with Crippen LogP contribution in [0.3, 0.4) is 0 Å². The molecule has 4 nitrogen and oxygen atoms in total. The maximum absolute atomic E-state index is 11.6. The van der Waals surface area contributed by atoms with Gasteiger partial charge in [-0.15, -0.1) is 11.3 Å². The average molecular weight is 265 g/mol. The molecule has 2 N–H and O–H groups in total. The van der Waals surface area contributed by atoms with E-state index in [1.54, 1.807) is 6.26 Å². The first kappa shape index (κ1) is 12.7. The summed E-state index contributed by atoms with van der Waals surface area (Å²) in [6.45, 7) is 3.89. The number of methoxy groups -OCH3 is 1. The van der Waals surface area contributed by atoms with Crippen molar-refractivity contribution in [2.75, 3.05) is 12.8 Å². The fraction of sp³-hybridized carbons (Fsp3) is 0.308. The Morgan fingerprint density at radius 1 is 1.56 bits per heavy atom. The van der Waals surface area contributed by atoms with Crippen molar-refractivity contribution in [1.82, 2.24) is 0 Å². The molecule has 2 rings (SSSR count). The molecule has 5 heteroatoms. The van der Waals surface area contributed by atoms with Gasteiger partial charge in [-0.25, -0.2) is 4.79 Å². The number of rotatable bonds is 3. The monoisotopic (exact) mass is 265 g/mol. The number of nitrogen functional groups attached to an aromatic ring is 1. The molecule has 0 atom stereocenters. The van der Waals surface area contributed by atoms with E-state index < -0.39 is 5.97 Å². The molecule has 18 heavy (non-hydrogen) atoms. The number of carbonyl (C=O) groups excluding carboxylic acids is 1. The summed E-state index contributed by atoms with van der Waals surface area (Å²) in [4.78, 5) is 13.1. The molecule has 2 heterocycles. The Morgan fingerprint density at radius 3 is 2.78 bits per heavy atom. The Balaban J connectivity index is 2.57. The predicted octanol–water partition coefficient (Wildman–Crippen LogP) is 3.25. The van der Waals surface area contributed by atoms with Gasteiger partial charge < -0.3 is 14.9 Å². The van der Waals surface area contributed by atoms with E-state index in [9.17, 15) is 4.79 Å². The van der Waals surface area contributed by atoms with Crippen molar-refractivity contribution in [3.8, 4) is 10.4 Å². The van der Waals surface area contributed by atoms with E-state index in [4.69, 9.17) is 14.9 Å². The lowest BCUT2D eigenvalue weighted by Crippen LogP contribution is -2.02. The summed E-state index contributed by atoms with van der Waals surface area (Å²) in [6.07, 6.45) is 2.44. The standard InChI is InChI=1S/C13H15NO3S/c1-4-9-10(14)12(13(15)16-3)18-11(9)8-5-7(2)17-6-8/h5-6H,4,14H2,1-3H3. The smallest absolute Gasteiger partial charge is 0.350 e. The number of thiophene rings is 1. The van der Waals surface area contributed by atoms with Gasteiger partial charge in [-0.2, -0.15) is 0 Å². The van der Waals surface area contributed by atoms with Crippen LogP contribution in [0.25, 0.3) is 10.4 Å². The van der Waals surface area contributed by atoms with Crippen LogP contribution in [-0.2, 0) is 11.2 Å². The number of esters is 1. The molecule has 0 amide bonds. The lowest BCUT2D eigenvalue weighted by atomic mass is 10.1. The van der Waals surface area contributed by atoms with Crippen LogP contribution in [0.15, 0.2) is 16.7 Å². The Kier molecular flexibility index (Phi) is 3.43. The summed E-state index contributed by atoms with van der Waals surface area (Å²) in [7, 11) is 1.36. The maximum Gasteiger partial charge on any atom is 0.350 e. The first-order chi connectivity index (χ1) is 8.58. The van der Waals surface area contributed by atoms with Crippen LogP contribution >= 0.6 is 11.3 Å². The number of nitrogens with two attached hydrogens (primary N) is 1. The van der Waals surface area contributed by atoms with Gasteiger partial charge in [0, 0.05) is 10.4 Å². The van der Waals surface area contributed by atoms with E-state index in [1.165, 1.54) is 18.4 Å². The van der Waals surface area contributed by atoms with Gasteiger partial charge in [-0.3, -0.25) is 0 Å². The van der Waals surface area contributed by atoms with Crippen LogP contribution in [0.4, 0.5) is 5.69 Å². The van der Waals surface area contributed by atoms with Gasteiger partial charge in [0.1, 0.15) is 10.6 Å². The minimum Gasteiger partial charge on any atom is -0.469 e. The summed E-state index contributed by atoms with van der Waals surface area (Å²) in [5, 5.41) is 0. The molecular formula is C13H15NO3S. The fourth-order valence-electron chi connectivity index (χ4n) is 1.87. The van der Waals surface area contributed by atoms with Gasteiger partial charge in [0.05, 0.1) is 19.1 Å². The molecule has 0 saturated heterocycles. The number of hydrogen-bond acceptors (Lipinski definition) is 5. The number of furan rings is 1. The van der Waals surface area contributed by atoms with E-state index >= 15 is 0 Å². The summed E-state index contributed by atoms with van der Waals surface area (Å²) < 4.78 is 10.0. The molecule has 2 aromatic heterocycles. The molecule has 0 saturated carbocycles. The van der Waals surface area contributed by atoms with E-state index in [0.29, 0.717) is 10.6 Å². The lowest BCUT2D eigenvalue weighted by molar-refractivity contribution is 0.0607. The first-order valence-electron chi connectivity index (χ1n) is 5.63. The van der Waals surface area contributed by atoms with E-state index in [0.717, 1.165) is 28.2 Å². The highest BCUT2D eigenvalue weighted by Crippen LogP contribution is 2.39. The molecule has 0 spiro atoms. The molecule has 0 aliphatic heterocycles. The number of carbonyl (C=O) groups is 1. The summed E-state index contributed by atoms with van der Waals surface area (Å²) >= 11 is 1.35. The van der Waals surface area contributed by atoms with Crippen LogP contribution in [0.1, 0.15) is 27.9 Å². The SMILES string of the molecule is CCc1c(-c2coc(C)c2)sc(C(=O)OC)c1N. The van der Waals surface area contributed by atoms with E-state index in [2.05, 4.69) is 0 Å². The Bertz CT molecular complexity index is 583. The maximum atomic E-state index is 11.6. The van der Waals surface area contributed by atoms with Crippen LogP contribution in [0.5, 0.6) is 0 Å². The van der Waals surface area contributed by atoms with Gasteiger partial charge in [-0.1, -0.05) is 6.92 Å². The first-order valence-corrected chi connectivity index (χ1v) is 6.45. The highest BCUT2D eigenvalue weighted by molar-refractivity contribution is 7.18. The molecule has 0 aliphatic rings. The minimum absolute atomic E-state index is 0.390. The molecule has 0 bridgehead atoms. The van der Waals surface area contributed by atoms with Crippen LogP contribution < -0.4 is 5.73 Å². The van der Waals surface area contributed by atoms with Crippen LogP contribution in [0, 0.1) is 6.92 Å². The fourth-order valence-corrected chi connectivity index (χ4v) is 3.08. The van der Waals surface area contributed by atoms with Crippen molar-refractivity contribution in [3.63, 3.8) is 0 Å². The quantitative estimate of drug-likeness (QED) is 0.865. The number of anilines is 1. The second kappa shape index (κ2) is 4.86. The predicted molar refractivity (Wildman–Crippen MR) is 71.9 cm³/mol. The zero-order chi connectivity index (χ0) is 13.3. The van der Waals surface area contributed by atoms with Crippen molar-refractivity contribution in [2.24, 2.45) is 0 Å². The highest BCUT2D eigenvalue weighted by atomic mass is 32.1. The number of hydrogen-bond donors (Lipinski definition) is 1. The van der Waals surface area contributed by atoms with Crippen molar-refractivity contribution in [2.45, 2.75) is 20.3 Å². The number of aryl methyl sites for hydroxylation is 1. The van der Waals surface area contributed by atoms with Gasteiger partial charge in [0.2, 0.25) is 0 Å². The molecular weight excluding hydrogens is 250 g/mol. The zero-order valence-electron chi connectivity index (χ0n) is 10.6. The lowest BCUT2D eigenvalue weighted by Gasteiger charge is -1.99. The van der Waals surface area contributed by atoms with Crippen molar-refractivity contribution in [1.29, 1.82) is 0 Å². The molecule has 96 valence electrons. The van der Waals surface area contributed by atoms with Gasteiger partial charge >= 0.3 is 5.97 Å². The second-order valence-electron chi connectivity index (χ2n) is 3.94. The number of ether oxygens (including phenoxy) is 1. The van der Waals surface area contributed by atoms with Gasteiger partial charge in [0.15, 0.2) is 0 Å². The average Bonchev–Trinajstić information content (AvgIpc) is 2.92. The molecule has 2 aromatic rings. The Labute approximate surface area is 109 Å². The van der Waals surface area contributed by atoms with E-state index in [-0.39, 0.29) is 0 Å². The van der Waals surface area contributed by atoms with E-state index in [1.807, 2.05) is 19.9 Å². The highest BCUT2D eigenvalue weighted by Gasteiger charge is 2.21. The summed E-state index contributed by atoms with van der Waals surface area (Å²) in [6, 6.07) is 1.94. The van der Waals surface area contributed by atoms with Crippen molar-refractivity contribution >= 4 is 23.0 Å². The largest absolute Gasteiger partial charge is 0.469 e. The van der Waals surface area contributed by atoms with Gasteiger partial charge in [0.25, 0.3) is 0 Å². The normalized spacial score (nSPS) is 10.6. The third-order valence-electron chi connectivity index (χ3n) is 2.77. The molecule has 0 aromatic carbocycles. The van der Waals surface area contributed by atoms with Crippen LogP contribution in [0.2, 0.25) is 0 Å². The topological polar surface area (TPSA) is 65.5 Å². The van der Waals surface area contributed by atoms with Crippen molar-refractivity contribution < 1.29 is 13.9 Å². The Hall–Kier alpha value is -1.75. The zero-order valence-corrected chi connectivity index (χ0v) is 11.4. The third-order valence-corrected chi connectivity index (χ3v) is 4.04. The molecule has 0 aliphatic carbocycles. The summed E-state index contributed by atoms with van der Waals surface area (Å²) in [5.74, 6) is 0.442.